The van der Waals surface area contributed by atoms with Crippen LogP contribution in [0.1, 0.15) is 6.42 Å². The Hall–Kier alpha value is -1.90. The van der Waals surface area contributed by atoms with Crippen molar-refractivity contribution in [3.05, 3.63) is 12.2 Å². The van der Waals surface area contributed by atoms with E-state index in [0.717, 1.165) is 6.08 Å². The predicted octanol–water partition coefficient (Wildman–Crippen LogP) is -1.02. The van der Waals surface area contributed by atoms with Crippen molar-refractivity contribution in [1.82, 2.24) is 10.2 Å². The number of carbonyl (C=O) groups excluding carboxylic acids is 2. The molecule has 0 spiro atoms. The lowest BCUT2D eigenvalue weighted by Gasteiger charge is -2.18. The Morgan fingerprint density at radius 1 is 1.11 bits per heavy atom. The van der Waals surface area contributed by atoms with E-state index in [2.05, 4.69) is 0 Å². The number of sulfone groups is 1. The van der Waals surface area contributed by atoms with Gasteiger partial charge in [-0.3, -0.25) is 10.1 Å². The second kappa shape index (κ2) is 6.32. The number of rotatable bonds is 2. The molecule has 8 nitrogen and oxygen atoms in total. The molecule has 1 saturated heterocycles. The number of carboxylic acid groups (broad SMARTS) is 1. The van der Waals surface area contributed by atoms with E-state index in [4.69, 9.17) is 5.11 Å². The SMILES string of the molecule is O=C(O)/C=C/C(=O)NC(=O)N1CCCS(=O)(=O)CC1. The zero-order valence-corrected chi connectivity index (χ0v) is 10.9. The van der Waals surface area contributed by atoms with Gasteiger partial charge in [-0.2, -0.15) is 0 Å². The van der Waals surface area contributed by atoms with Crippen LogP contribution >= 0.6 is 0 Å². The van der Waals surface area contributed by atoms with Crippen molar-refractivity contribution in [1.29, 1.82) is 0 Å². The fraction of sp³-hybridized carbons (Fsp3) is 0.500. The molecule has 0 aromatic carbocycles. The third kappa shape index (κ3) is 5.51. The highest BCUT2D eigenvalue weighted by Crippen LogP contribution is 2.05. The Morgan fingerprint density at radius 2 is 1.79 bits per heavy atom. The molecule has 19 heavy (non-hydrogen) atoms. The van der Waals surface area contributed by atoms with Crippen molar-refractivity contribution in [2.24, 2.45) is 0 Å². The second-order valence-corrected chi connectivity index (χ2v) is 6.26. The van der Waals surface area contributed by atoms with Crippen LogP contribution in [0.2, 0.25) is 0 Å². The maximum atomic E-state index is 11.6. The van der Waals surface area contributed by atoms with Crippen LogP contribution in [-0.2, 0) is 19.4 Å². The van der Waals surface area contributed by atoms with Gasteiger partial charge in [-0.1, -0.05) is 0 Å². The van der Waals surface area contributed by atoms with Crippen LogP contribution < -0.4 is 5.32 Å². The van der Waals surface area contributed by atoms with Gasteiger partial charge in [0.25, 0.3) is 5.91 Å². The minimum Gasteiger partial charge on any atom is -0.478 e. The molecule has 0 aliphatic carbocycles. The standard InChI is InChI=1S/C10H14N2O6S/c13-8(2-3-9(14)15)11-10(16)12-4-1-6-19(17,18)7-5-12/h2-3H,1,4-7H2,(H,14,15)(H,11,13,16)/b3-2+. The summed E-state index contributed by atoms with van der Waals surface area (Å²) in [4.78, 5) is 34.2. The number of urea groups is 1. The molecule has 1 aliphatic heterocycles. The molecule has 0 bridgehead atoms. The van der Waals surface area contributed by atoms with Gasteiger partial charge in [-0.25, -0.2) is 18.0 Å². The van der Waals surface area contributed by atoms with Gasteiger partial charge >= 0.3 is 12.0 Å². The monoisotopic (exact) mass is 290 g/mol. The molecule has 9 heteroatoms. The predicted molar refractivity (Wildman–Crippen MR) is 65.2 cm³/mol. The van der Waals surface area contributed by atoms with E-state index in [1.807, 2.05) is 5.32 Å². The zero-order valence-electron chi connectivity index (χ0n) is 10.0. The lowest BCUT2D eigenvalue weighted by molar-refractivity contribution is -0.131. The Kier molecular flexibility index (Phi) is 5.04. The van der Waals surface area contributed by atoms with E-state index >= 15 is 0 Å². The highest BCUT2D eigenvalue weighted by Gasteiger charge is 2.23. The molecule has 1 rings (SSSR count). The minimum atomic E-state index is -3.13. The number of hydrogen-bond acceptors (Lipinski definition) is 5. The summed E-state index contributed by atoms with van der Waals surface area (Å²) < 4.78 is 22.7. The Labute approximate surface area is 110 Å². The second-order valence-electron chi connectivity index (χ2n) is 3.96. The molecule has 1 heterocycles. The third-order valence-corrected chi connectivity index (χ3v) is 4.17. The van der Waals surface area contributed by atoms with Gasteiger partial charge in [0, 0.05) is 25.2 Å². The largest absolute Gasteiger partial charge is 0.478 e. The molecule has 3 amide bonds. The first kappa shape index (κ1) is 15.2. The topological polar surface area (TPSA) is 121 Å². The summed E-state index contributed by atoms with van der Waals surface area (Å²) in [6.45, 7) is 0.255. The number of aliphatic carboxylic acids is 1. The summed E-state index contributed by atoms with van der Waals surface area (Å²) in [6.07, 6.45) is 1.64. The van der Waals surface area contributed by atoms with Crippen LogP contribution in [0.15, 0.2) is 12.2 Å². The average molecular weight is 290 g/mol. The first-order valence-corrected chi connectivity index (χ1v) is 7.33. The summed E-state index contributed by atoms with van der Waals surface area (Å²) in [6, 6.07) is -0.725. The number of carbonyl (C=O) groups is 3. The van der Waals surface area contributed by atoms with E-state index in [1.54, 1.807) is 0 Å². The summed E-state index contributed by atoms with van der Waals surface area (Å²) in [5.74, 6) is -2.29. The maximum absolute atomic E-state index is 11.6. The molecule has 0 aromatic rings. The number of carboxylic acids is 1. The number of nitrogens with zero attached hydrogens (tertiary/aromatic N) is 1. The maximum Gasteiger partial charge on any atom is 0.328 e. The van der Waals surface area contributed by atoms with Gasteiger partial charge in [0.2, 0.25) is 0 Å². The van der Waals surface area contributed by atoms with Gasteiger partial charge in [-0.05, 0) is 6.42 Å². The number of amides is 3. The lowest BCUT2D eigenvalue weighted by atomic mass is 10.4. The smallest absolute Gasteiger partial charge is 0.328 e. The van der Waals surface area contributed by atoms with Crippen LogP contribution in [0.3, 0.4) is 0 Å². The molecular weight excluding hydrogens is 276 g/mol. The molecular formula is C10H14N2O6S. The molecule has 0 saturated carbocycles. The fourth-order valence-corrected chi connectivity index (χ4v) is 2.79. The summed E-state index contributed by atoms with van der Waals surface area (Å²) >= 11 is 0. The van der Waals surface area contributed by atoms with Gasteiger partial charge in [0.15, 0.2) is 9.84 Å². The normalized spacial score (nSPS) is 18.8. The quantitative estimate of drug-likeness (QED) is 0.628. The van der Waals surface area contributed by atoms with E-state index in [1.165, 1.54) is 4.90 Å². The number of nitrogens with one attached hydrogen (secondary N) is 1. The summed E-state index contributed by atoms with van der Waals surface area (Å²) in [5, 5.41) is 10.3. The van der Waals surface area contributed by atoms with Crippen molar-refractivity contribution in [2.75, 3.05) is 24.6 Å². The van der Waals surface area contributed by atoms with Crippen LogP contribution in [0.25, 0.3) is 0 Å². The number of hydrogen-bond donors (Lipinski definition) is 2. The van der Waals surface area contributed by atoms with Crippen LogP contribution in [-0.4, -0.2) is 60.9 Å². The third-order valence-electron chi connectivity index (χ3n) is 2.45. The van der Waals surface area contributed by atoms with Gasteiger partial charge in [0.05, 0.1) is 11.5 Å². The highest BCUT2D eigenvalue weighted by molar-refractivity contribution is 7.91. The summed E-state index contributed by atoms with van der Waals surface area (Å²) in [7, 11) is -3.13. The van der Waals surface area contributed by atoms with Crippen molar-refractivity contribution >= 4 is 27.7 Å². The van der Waals surface area contributed by atoms with E-state index < -0.39 is 27.7 Å². The molecule has 106 valence electrons. The average Bonchev–Trinajstić information content (AvgIpc) is 2.47. The van der Waals surface area contributed by atoms with E-state index in [-0.39, 0.29) is 24.6 Å². The molecule has 0 atom stereocenters. The Balaban J connectivity index is 2.54. The van der Waals surface area contributed by atoms with E-state index in [0.29, 0.717) is 12.5 Å². The number of imide groups is 1. The Bertz CT molecular complexity index is 510. The lowest BCUT2D eigenvalue weighted by Crippen LogP contribution is -2.43. The van der Waals surface area contributed by atoms with Crippen LogP contribution in [0, 0.1) is 0 Å². The molecule has 0 unspecified atom stereocenters. The minimum absolute atomic E-state index is 0.0175. The molecule has 1 fully saturated rings. The van der Waals surface area contributed by atoms with Crippen molar-refractivity contribution in [2.45, 2.75) is 6.42 Å². The van der Waals surface area contributed by atoms with Gasteiger partial charge in [0.1, 0.15) is 0 Å². The van der Waals surface area contributed by atoms with E-state index in [9.17, 15) is 22.8 Å². The summed E-state index contributed by atoms with van der Waals surface area (Å²) in [5.41, 5.74) is 0. The molecule has 0 radical (unpaired) electrons. The van der Waals surface area contributed by atoms with Gasteiger partial charge < -0.3 is 10.0 Å². The first-order valence-electron chi connectivity index (χ1n) is 5.51. The molecule has 0 aromatic heterocycles. The zero-order chi connectivity index (χ0) is 14.5. The molecule has 2 N–H and O–H groups in total. The Morgan fingerprint density at radius 3 is 2.42 bits per heavy atom. The molecule has 1 aliphatic rings. The van der Waals surface area contributed by atoms with Crippen LogP contribution in [0.4, 0.5) is 4.79 Å². The first-order chi connectivity index (χ1) is 8.80. The van der Waals surface area contributed by atoms with Crippen molar-refractivity contribution in [3.8, 4) is 0 Å². The fourth-order valence-electron chi connectivity index (χ4n) is 1.51. The van der Waals surface area contributed by atoms with Crippen molar-refractivity contribution in [3.63, 3.8) is 0 Å². The highest BCUT2D eigenvalue weighted by atomic mass is 32.2. The van der Waals surface area contributed by atoms with Crippen LogP contribution in [0.5, 0.6) is 0 Å². The van der Waals surface area contributed by atoms with Gasteiger partial charge in [-0.15, -0.1) is 0 Å². The van der Waals surface area contributed by atoms with Crippen molar-refractivity contribution < 1.29 is 27.9 Å².